The van der Waals surface area contributed by atoms with E-state index < -0.39 is 5.13 Å². The van der Waals surface area contributed by atoms with Crippen LogP contribution in [0.25, 0.3) is 5.57 Å². The van der Waals surface area contributed by atoms with E-state index in [1.54, 1.807) is 12.2 Å². The molecule has 1 unspecified atom stereocenters. The number of rotatable bonds is 2. The molecule has 2 rings (SSSR count). The molecule has 1 aromatic rings. The first kappa shape index (κ1) is 11.2. The average molecular weight is 239 g/mol. The number of halogens is 2. The summed E-state index contributed by atoms with van der Waals surface area (Å²) in [5.74, 6) is 0.481. The van der Waals surface area contributed by atoms with Crippen molar-refractivity contribution in [2.45, 2.75) is 11.5 Å². The van der Waals surface area contributed by atoms with Crippen molar-refractivity contribution < 1.29 is 9.13 Å². The minimum Gasteiger partial charge on any atom is -0.496 e. The van der Waals surface area contributed by atoms with Crippen molar-refractivity contribution in [3.05, 3.63) is 53.8 Å². The predicted octanol–water partition coefficient (Wildman–Crippen LogP) is 3.91. The zero-order valence-electron chi connectivity index (χ0n) is 8.91. The highest BCUT2D eigenvalue weighted by Gasteiger charge is 2.36. The Balaban J connectivity index is 2.56. The van der Waals surface area contributed by atoms with E-state index in [2.05, 4.69) is 0 Å². The van der Waals surface area contributed by atoms with Crippen molar-refractivity contribution in [3.63, 3.8) is 0 Å². The van der Waals surface area contributed by atoms with Crippen LogP contribution < -0.4 is 0 Å². The Morgan fingerprint density at radius 3 is 2.62 bits per heavy atom. The molecule has 0 aliphatic heterocycles. The van der Waals surface area contributed by atoms with Crippen LogP contribution >= 0.6 is 11.6 Å². The Kier molecular flexibility index (Phi) is 3.01. The number of allylic oxidation sites excluding steroid dienone is 3. The second-order valence-electron chi connectivity index (χ2n) is 3.62. The summed E-state index contributed by atoms with van der Waals surface area (Å²) >= 11 is 5.89. The summed E-state index contributed by atoms with van der Waals surface area (Å²) in [6, 6.07) is 9.22. The Labute approximate surface area is 99.2 Å². The number of hydrogen-bond acceptors (Lipinski definition) is 1. The van der Waals surface area contributed by atoms with Gasteiger partial charge in [0.15, 0.2) is 0 Å². The molecule has 0 saturated carbocycles. The summed E-state index contributed by atoms with van der Waals surface area (Å²) in [4.78, 5) is 0. The fraction of sp³-hybridized carbons (Fsp3) is 0.231. The first-order chi connectivity index (χ1) is 7.65. The maximum absolute atomic E-state index is 14.2. The summed E-state index contributed by atoms with van der Waals surface area (Å²) in [5, 5.41) is -1.89. The van der Waals surface area contributed by atoms with Crippen LogP contribution in [0.4, 0.5) is 4.39 Å². The van der Waals surface area contributed by atoms with Crippen molar-refractivity contribution >= 4 is 17.2 Å². The van der Waals surface area contributed by atoms with Crippen LogP contribution in [0.2, 0.25) is 0 Å². The lowest BCUT2D eigenvalue weighted by Gasteiger charge is -2.25. The average Bonchev–Trinajstić information content (AvgIpc) is 2.28. The third-order valence-corrected chi connectivity index (χ3v) is 2.88. The highest BCUT2D eigenvalue weighted by molar-refractivity contribution is 6.29. The van der Waals surface area contributed by atoms with Crippen molar-refractivity contribution in [2.24, 2.45) is 0 Å². The van der Waals surface area contributed by atoms with E-state index in [0.717, 1.165) is 5.56 Å². The molecule has 1 aliphatic rings. The fourth-order valence-corrected chi connectivity index (χ4v) is 2.10. The van der Waals surface area contributed by atoms with Gasteiger partial charge in [-0.05, 0) is 11.6 Å². The zero-order chi connectivity index (χ0) is 11.6. The lowest BCUT2D eigenvalue weighted by atomic mass is 9.94. The van der Waals surface area contributed by atoms with E-state index in [1.165, 1.54) is 7.11 Å². The van der Waals surface area contributed by atoms with Crippen LogP contribution in [-0.2, 0) is 4.74 Å². The van der Waals surface area contributed by atoms with Crippen LogP contribution in [0.1, 0.15) is 12.0 Å². The monoisotopic (exact) mass is 238 g/mol. The number of hydrogen-bond donors (Lipinski definition) is 0. The molecule has 0 heterocycles. The molecule has 0 amide bonds. The van der Waals surface area contributed by atoms with Gasteiger partial charge in [0.25, 0.3) is 0 Å². The number of methoxy groups -OCH3 is 1. The van der Waals surface area contributed by atoms with Gasteiger partial charge in [0.05, 0.1) is 12.7 Å². The maximum Gasteiger partial charge on any atom is 0.216 e. The SMILES string of the molecule is COC1=C(c2ccccc2)C(F)(Cl)CC=C1. The molecule has 3 heteroatoms. The van der Waals surface area contributed by atoms with E-state index in [0.29, 0.717) is 11.3 Å². The lowest BCUT2D eigenvalue weighted by molar-refractivity contribution is 0.287. The molecule has 0 bridgehead atoms. The molecule has 1 aliphatic carbocycles. The minimum absolute atomic E-state index is 0.158. The quantitative estimate of drug-likeness (QED) is 0.710. The van der Waals surface area contributed by atoms with Gasteiger partial charge in [-0.3, -0.25) is 0 Å². The summed E-state index contributed by atoms with van der Waals surface area (Å²) < 4.78 is 19.4. The second-order valence-corrected chi connectivity index (χ2v) is 4.22. The van der Waals surface area contributed by atoms with Crippen LogP contribution in [0.5, 0.6) is 0 Å². The molecule has 0 saturated heterocycles. The third kappa shape index (κ3) is 1.98. The van der Waals surface area contributed by atoms with Gasteiger partial charge in [0, 0.05) is 6.42 Å². The van der Waals surface area contributed by atoms with Gasteiger partial charge >= 0.3 is 0 Å². The molecular formula is C13H12ClFO. The van der Waals surface area contributed by atoms with E-state index in [4.69, 9.17) is 16.3 Å². The summed E-state index contributed by atoms with van der Waals surface area (Å²) in [7, 11) is 1.51. The van der Waals surface area contributed by atoms with E-state index >= 15 is 0 Å². The molecule has 0 fully saturated rings. The van der Waals surface area contributed by atoms with Crippen molar-refractivity contribution in [1.29, 1.82) is 0 Å². The highest BCUT2D eigenvalue weighted by Crippen LogP contribution is 2.43. The summed E-state index contributed by atoms with van der Waals surface area (Å²) in [5.41, 5.74) is 1.15. The third-order valence-electron chi connectivity index (χ3n) is 2.54. The van der Waals surface area contributed by atoms with Crippen molar-refractivity contribution in [2.75, 3.05) is 7.11 Å². The van der Waals surface area contributed by atoms with Gasteiger partial charge < -0.3 is 4.74 Å². The summed E-state index contributed by atoms with van der Waals surface area (Å²) in [6.45, 7) is 0. The van der Waals surface area contributed by atoms with Crippen LogP contribution in [0.15, 0.2) is 48.2 Å². The maximum atomic E-state index is 14.2. The Morgan fingerprint density at radius 2 is 2.00 bits per heavy atom. The van der Waals surface area contributed by atoms with Crippen LogP contribution in [0, 0.1) is 0 Å². The number of ether oxygens (including phenoxy) is 1. The van der Waals surface area contributed by atoms with Gasteiger partial charge in [-0.1, -0.05) is 48.0 Å². The van der Waals surface area contributed by atoms with Gasteiger partial charge in [-0.2, -0.15) is 0 Å². The van der Waals surface area contributed by atoms with Crippen LogP contribution in [0.3, 0.4) is 0 Å². The molecule has 1 aromatic carbocycles. The van der Waals surface area contributed by atoms with E-state index in [9.17, 15) is 4.39 Å². The largest absolute Gasteiger partial charge is 0.496 e. The molecule has 0 spiro atoms. The minimum atomic E-state index is -1.89. The van der Waals surface area contributed by atoms with Gasteiger partial charge in [-0.15, -0.1) is 0 Å². The number of alkyl halides is 2. The molecule has 1 atom stereocenters. The molecule has 0 radical (unpaired) electrons. The molecule has 16 heavy (non-hydrogen) atoms. The zero-order valence-corrected chi connectivity index (χ0v) is 9.67. The van der Waals surface area contributed by atoms with Crippen LogP contribution in [-0.4, -0.2) is 12.2 Å². The molecule has 0 N–H and O–H groups in total. The standard InChI is InChI=1S/C13H12ClFO/c1-16-11-8-5-9-13(14,15)12(11)10-6-3-2-4-7-10/h2-8H,9H2,1H3. The van der Waals surface area contributed by atoms with Crippen molar-refractivity contribution in [3.8, 4) is 0 Å². The Bertz CT molecular complexity index is 435. The number of benzene rings is 1. The van der Waals surface area contributed by atoms with Gasteiger partial charge in [0.1, 0.15) is 5.76 Å². The fourth-order valence-electron chi connectivity index (χ4n) is 1.81. The molecule has 84 valence electrons. The smallest absolute Gasteiger partial charge is 0.216 e. The summed E-state index contributed by atoms with van der Waals surface area (Å²) in [6.07, 6.45) is 3.59. The van der Waals surface area contributed by atoms with Gasteiger partial charge in [-0.25, -0.2) is 4.39 Å². The molecule has 1 nitrogen and oxygen atoms in total. The normalized spacial score (nSPS) is 24.7. The molecular weight excluding hydrogens is 227 g/mol. The molecule has 0 aromatic heterocycles. The van der Waals surface area contributed by atoms with Gasteiger partial charge in [0.2, 0.25) is 5.13 Å². The van der Waals surface area contributed by atoms with E-state index in [-0.39, 0.29) is 6.42 Å². The predicted molar refractivity (Wildman–Crippen MR) is 63.8 cm³/mol. The Hall–Kier alpha value is -1.28. The lowest BCUT2D eigenvalue weighted by Crippen LogP contribution is -2.20. The topological polar surface area (TPSA) is 9.23 Å². The Morgan fingerprint density at radius 1 is 1.31 bits per heavy atom. The second kappa shape index (κ2) is 4.30. The first-order valence-electron chi connectivity index (χ1n) is 5.03. The first-order valence-corrected chi connectivity index (χ1v) is 5.41. The van der Waals surface area contributed by atoms with Crippen molar-refractivity contribution in [1.82, 2.24) is 0 Å². The van der Waals surface area contributed by atoms with E-state index in [1.807, 2.05) is 30.3 Å². The highest BCUT2D eigenvalue weighted by atomic mass is 35.5.